The van der Waals surface area contributed by atoms with Crippen LogP contribution in [0, 0.1) is 5.95 Å². The molecule has 22 heavy (non-hydrogen) atoms. The lowest BCUT2D eigenvalue weighted by molar-refractivity contribution is 0.415. The van der Waals surface area contributed by atoms with Gasteiger partial charge in [0.2, 0.25) is 5.95 Å². The van der Waals surface area contributed by atoms with Gasteiger partial charge in [0.15, 0.2) is 0 Å². The fourth-order valence-corrected chi connectivity index (χ4v) is 2.65. The van der Waals surface area contributed by atoms with Crippen molar-refractivity contribution in [3.8, 4) is 17.0 Å². The van der Waals surface area contributed by atoms with E-state index in [1.165, 1.54) is 0 Å². The smallest absolute Gasteiger partial charge is 0.217 e. The van der Waals surface area contributed by atoms with Gasteiger partial charge in [0.05, 0.1) is 23.7 Å². The van der Waals surface area contributed by atoms with Gasteiger partial charge in [-0.15, -0.1) is 0 Å². The van der Waals surface area contributed by atoms with Crippen molar-refractivity contribution >= 4 is 21.8 Å². The topological polar surface area (TPSA) is 50.8 Å². The number of pyridine rings is 1. The molecule has 0 unspecified atom stereocenters. The average molecular weight is 293 g/mol. The van der Waals surface area contributed by atoms with Crippen molar-refractivity contribution in [3.05, 3.63) is 54.5 Å². The van der Waals surface area contributed by atoms with Crippen molar-refractivity contribution in [2.45, 2.75) is 0 Å². The van der Waals surface area contributed by atoms with Crippen LogP contribution in [0.3, 0.4) is 0 Å². The molecule has 0 amide bonds. The zero-order valence-electron chi connectivity index (χ0n) is 11.8. The summed E-state index contributed by atoms with van der Waals surface area (Å²) in [5.41, 5.74) is 2.78. The molecule has 0 aliphatic rings. The first kappa shape index (κ1) is 12.8. The number of hydrogen-bond acceptors (Lipinski definition) is 3. The van der Waals surface area contributed by atoms with E-state index in [9.17, 15) is 4.39 Å². The fraction of sp³-hybridized carbons (Fsp3) is 0.0588. The van der Waals surface area contributed by atoms with E-state index in [-0.39, 0.29) is 0 Å². The quantitative estimate of drug-likeness (QED) is 0.609. The molecule has 4 aromatic rings. The molecule has 4 nitrogen and oxygen atoms in total. The largest absolute Gasteiger partial charge is 0.497 e. The molecule has 0 saturated heterocycles. The fourth-order valence-electron chi connectivity index (χ4n) is 2.65. The molecule has 4 rings (SSSR count). The Labute approximate surface area is 125 Å². The number of H-pyrrole nitrogens is 1. The average Bonchev–Trinajstić information content (AvgIpc) is 2.97. The monoisotopic (exact) mass is 293 g/mol. The molecule has 2 aromatic heterocycles. The molecular formula is C17H12FN3O. The first-order valence-electron chi connectivity index (χ1n) is 6.84. The van der Waals surface area contributed by atoms with Crippen molar-refractivity contribution in [2.75, 3.05) is 7.11 Å². The molecule has 0 aliphatic carbocycles. The SMILES string of the molecule is COc1ccc2nc(-c3ccccc3)c3n[nH]c(F)c3c2c1. The Hall–Kier alpha value is -2.95. The number of rotatable bonds is 2. The molecule has 108 valence electrons. The van der Waals surface area contributed by atoms with Gasteiger partial charge in [-0.05, 0) is 18.2 Å². The number of hydrogen-bond donors (Lipinski definition) is 1. The number of nitrogens with one attached hydrogen (secondary N) is 1. The van der Waals surface area contributed by atoms with Crippen LogP contribution in [0.1, 0.15) is 0 Å². The van der Waals surface area contributed by atoms with Crippen LogP contribution in [0.15, 0.2) is 48.5 Å². The lowest BCUT2D eigenvalue weighted by atomic mass is 10.1. The second kappa shape index (κ2) is 4.80. The second-order valence-electron chi connectivity index (χ2n) is 4.97. The first-order valence-corrected chi connectivity index (χ1v) is 6.84. The zero-order chi connectivity index (χ0) is 15.1. The highest BCUT2D eigenvalue weighted by Crippen LogP contribution is 2.33. The molecule has 0 spiro atoms. The van der Waals surface area contributed by atoms with E-state index >= 15 is 0 Å². The summed E-state index contributed by atoms with van der Waals surface area (Å²) in [5, 5.41) is 7.63. The number of aromatic nitrogens is 3. The standard InChI is InChI=1S/C17H12FN3O/c1-22-11-7-8-13-12(9-11)14-16(20-21-17(14)18)15(19-13)10-5-3-2-4-6-10/h2-9H,1H3,(H,20,21). The van der Waals surface area contributed by atoms with Gasteiger partial charge in [-0.3, -0.25) is 5.10 Å². The highest BCUT2D eigenvalue weighted by Gasteiger charge is 2.17. The van der Waals surface area contributed by atoms with Crippen LogP contribution in [-0.2, 0) is 0 Å². The molecule has 5 heteroatoms. The summed E-state index contributed by atoms with van der Waals surface area (Å²) >= 11 is 0. The number of halogens is 1. The Bertz CT molecular complexity index is 979. The van der Waals surface area contributed by atoms with E-state index < -0.39 is 5.95 Å². The minimum absolute atomic E-state index is 0.433. The van der Waals surface area contributed by atoms with Crippen LogP contribution in [0.5, 0.6) is 5.75 Å². The number of benzene rings is 2. The summed E-state index contributed by atoms with van der Waals surface area (Å²) in [4.78, 5) is 4.66. The Kier molecular flexibility index (Phi) is 2.79. The Morgan fingerprint density at radius 2 is 1.91 bits per heavy atom. The molecule has 0 saturated carbocycles. The Morgan fingerprint density at radius 3 is 2.68 bits per heavy atom. The summed E-state index contributed by atoms with van der Waals surface area (Å²) in [7, 11) is 1.58. The van der Waals surface area contributed by atoms with Crippen molar-refractivity contribution in [1.29, 1.82) is 0 Å². The predicted molar refractivity (Wildman–Crippen MR) is 83.3 cm³/mol. The van der Waals surface area contributed by atoms with Crippen LogP contribution >= 0.6 is 0 Å². The summed E-state index contributed by atoms with van der Waals surface area (Å²) in [6, 6.07) is 15.1. The van der Waals surface area contributed by atoms with Gasteiger partial charge in [0, 0.05) is 10.9 Å². The van der Waals surface area contributed by atoms with E-state index in [0.717, 1.165) is 5.56 Å². The van der Waals surface area contributed by atoms with E-state index in [4.69, 9.17) is 4.74 Å². The van der Waals surface area contributed by atoms with Crippen LogP contribution in [-0.4, -0.2) is 22.3 Å². The number of aromatic amines is 1. The molecule has 2 aromatic carbocycles. The van der Waals surface area contributed by atoms with Crippen molar-refractivity contribution in [2.24, 2.45) is 0 Å². The van der Waals surface area contributed by atoms with Crippen LogP contribution < -0.4 is 4.74 Å². The second-order valence-corrected chi connectivity index (χ2v) is 4.97. The Morgan fingerprint density at radius 1 is 1.09 bits per heavy atom. The molecule has 0 radical (unpaired) electrons. The number of ether oxygens (including phenoxy) is 1. The predicted octanol–water partition coefficient (Wildman–Crippen LogP) is 3.93. The number of methoxy groups -OCH3 is 1. The number of fused-ring (bicyclic) bond motifs is 3. The third kappa shape index (κ3) is 1.83. The maximum atomic E-state index is 14.2. The van der Waals surface area contributed by atoms with Gasteiger partial charge in [-0.25, -0.2) is 4.98 Å². The highest BCUT2D eigenvalue weighted by atomic mass is 19.1. The molecule has 0 fully saturated rings. The van der Waals surface area contributed by atoms with Crippen molar-refractivity contribution in [1.82, 2.24) is 15.2 Å². The minimum Gasteiger partial charge on any atom is -0.497 e. The van der Waals surface area contributed by atoms with Gasteiger partial charge in [-0.2, -0.15) is 9.49 Å². The van der Waals surface area contributed by atoms with E-state index in [1.54, 1.807) is 13.2 Å². The van der Waals surface area contributed by atoms with Gasteiger partial charge >= 0.3 is 0 Å². The van der Waals surface area contributed by atoms with E-state index in [0.29, 0.717) is 33.2 Å². The third-order valence-electron chi connectivity index (χ3n) is 3.70. The Balaban J connectivity index is 2.14. The third-order valence-corrected chi connectivity index (χ3v) is 3.70. The molecule has 0 aliphatic heterocycles. The molecule has 2 heterocycles. The minimum atomic E-state index is -0.465. The number of nitrogens with zero attached hydrogens (tertiary/aromatic N) is 2. The maximum Gasteiger partial charge on any atom is 0.217 e. The maximum absolute atomic E-state index is 14.2. The summed E-state index contributed by atoms with van der Waals surface area (Å²) in [5.74, 6) is 0.191. The van der Waals surface area contributed by atoms with E-state index in [2.05, 4.69) is 15.2 Å². The lowest BCUT2D eigenvalue weighted by Gasteiger charge is -2.07. The van der Waals surface area contributed by atoms with Crippen LogP contribution in [0.25, 0.3) is 33.1 Å². The van der Waals surface area contributed by atoms with Gasteiger partial charge < -0.3 is 4.74 Å². The summed E-state index contributed by atoms with van der Waals surface area (Å²) in [6.07, 6.45) is 0. The van der Waals surface area contributed by atoms with Crippen molar-refractivity contribution < 1.29 is 9.13 Å². The van der Waals surface area contributed by atoms with Gasteiger partial charge in [-0.1, -0.05) is 30.3 Å². The summed E-state index contributed by atoms with van der Waals surface area (Å²) < 4.78 is 19.4. The van der Waals surface area contributed by atoms with Crippen molar-refractivity contribution in [3.63, 3.8) is 0 Å². The van der Waals surface area contributed by atoms with Crippen LogP contribution in [0.4, 0.5) is 4.39 Å². The first-order chi connectivity index (χ1) is 10.8. The van der Waals surface area contributed by atoms with Crippen LogP contribution in [0.2, 0.25) is 0 Å². The highest BCUT2D eigenvalue weighted by molar-refractivity contribution is 6.09. The molecule has 0 atom stereocenters. The van der Waals surface area contributed by atoms with Gasteiger partial charge in [0.25, 0.3) is 0 Å². The normalized spacial score (nSPS) is 11.2. The lowest BCUT2D eigenvalue weighted by Crippen LogP contribution is -1.90. The van der Waals surface area contributed by atoms with Gasteiger partial charge in [0.1, 0.15) is 11.3 Å². The molecule has 1 N–H and O–H groups in total. The molecule has 0 bridgehead atoms. The summed E-state index contributed by atoms with van der Waals surface area (Å²) in [6.45, 7) is 0. The van der Waals surface area contributed by atoms with E-state index in [1.807, 2.05) is 42.5 Å². The zero-order valence-corrected chi connectivity index (χ0v) is 11.8. The molecular weight excluding hydrogens is 281 g/mol.